The van der Waals surface area contributed by atoms with Crippen LogP contribution in [-0.4, -0.2) is 52.2 Å². The second-order valence-corrected chi connectivity index (χ2v) is 6.77. The van der Waals surface area contributed by atoms with E-state index in [9.17, 15) is 9.90 Å². The topological polar surface area (TPSA) is 75.6 Å². The number of hydrogen-bond acceptors (Lipinski definition) is 5. The van der Waals surface area contributed by atoms with Crippen LogP contribution in [0.3, 0.4) is 0 Å². The fourth-order valence-electron chi connectivity index (χ4n) is 3.52. The summed E-state index contributed by atoms with van der Waals surface area (Å²) in [6.07, 6.45) is 4.54. The average Bonchev–Trinajstić information content (AvgIpc) is 2.87. The monoisotopic (exact) mass is 305 g/mol. The van der Waals surface area contributed by atoms with Crippen molar-refractivity contribution in [3.8, 4) is 0 Å². The zero-order chi connectivity index (χ0) is 15.7. The van der Waals surface area contributed by atoms with Crippen LogP contribution in [0.4, 0.5) is 0 Å². The quantitative estimate of drug-likeness (QED) is 0.909. The molecule has 2 saturated heterocycles. The smallest absolute Gasteiger partial charge is 0.313 e. The van der Waals surface area contributed by atoms with Crippen molar-refractivity contribution >= 4 is 5.97 Å². The third kappa shape index (κ3) is 2.73. The molecular weight excluding hydrogens is 282 g/mol. The largest absolute Gasteiger partial charge is 0.481 e. The van der Waals surface area contributed by atoms with Crippen LogP contribution in [0.5, 0.6) is 0 Å². The summed E-state index contributed by atoms with van der Waals surface area (Å²) < 4.78 is 5.46. The van der Waals surface area contributed by atoms with Crippen LogP contribution in [0.1, 0.15) is 37.6 Å². The predicted octanol–water partition coefficient (Wildman–Crippen LogP) is 1.52. The summed E-state index contributed by atoms with van der Waals surface area (Å²) in [5.41, 5.74) is 0.293. The lowest BCUT2D eigenvalue weighted by molar-refractivity contribution is -0.159. The lowest BCUT2D eigenvalue weighted by Gasteiger charge is -2.34. The summed E-state index contributed by atoms with van der Waals surface area (Å²) in [7, 11) is 0. The van der Waals surface area contributed by atoms with E-state index in [0.29, 0.717) is 32.2 Å². The molecule has 2 aliphatic heterocycles. The van der Waals surface area contributed by atoms with Gasteiger partial charge in [0.15, 0.2) is 0 Å². The minimum atomic E-state index is -0.739. The SMILES string of the molecule is CC(C)c1ncc(CN2C[C@@H]3CCOC[C@]3(C(=O)O)C2)cn1. The molecule has 1 aromatic rings. The summed E-state index contributed by atoms with van der Waals surface area (Å²) in [6.45, 7) is 7.17. The number of aromatic nitrogens is 2. The van der Waals surface area contributed by atoms with Crippen LogP contribution in [0, 0.1) is 11.3 Å². The zero-order valence-corrected chi connectivity index (χ0v) is 13.2. The van der Waals surface area contributed by atoms with Crippen molar-refractivity contribution in [2.24, 2.45) is 11.3 Å². The molecule has 6 nitrogen and oxygen atoms in total. The number of nitrogens with zero attached hydrogens (tertiary/aromatic N) is 3. The van der Waals surface area contributed by atoms with Gasteiger partial charge in [0.2, 0.25) is 0 Å². The van der Waals surface area contributed by atoms with Crippen molar-refractivity contribution in [3.63, 3.8) is 0 Å². The maximum Gasteiger partial charge on any atom is 0.313 e. The van der Waals surface area contributed by atoms with Crippen LogP contribution >= 0.6 is 0 Å². The van der Waals surface area contributed by atoms with Gasteiger partial charge >= 0.3 is 5.97 Å². The molecule has 0 spiro atoms. The van der Waals surface area contributed by atoms with E-state index in [4.69, 9.17) is 4.74 Å². The van der Waals surface area contributed by atoms with Crippen molar-refractivity contribution in [2.45, 2.75) is 32.7 Å². The molecule has 1 N–H and O–H groups in total. The minimum absolute atomic E-state index is 0.176. The third-order valence-corrected chi connectivity index (χ3v) is 4.81. The molecule has 0 radical (unpaired) electrons. The first-order chi connectivity index (χ1) is 10.5. The van der Waals surface area contributed by atoms with Gasteiger partial charge in [-0.05, 0) is 12.3 Å². The predicted molar refractivity (Wildman–Crippen MR) is 80.4 cm³/mol. The highest BCUT2D eigenvalue weighted by molar-refractivity contribution is 5.76. The molecule has 0 saturated carbocycles. The number of carboxylic acids is 1. The number of likely N-dealkylation sites (tertiary alicyclic amines) is 1. The summed E-state index contributed by atoms with van der Waals surface area (Å²) in [6, 6.07) is 0. The number of fused-ring (bicyclic) bond motifs is 1. The molecule has 0 unspecified atom stereocenters. The number of carbonyl (C=O) groups is 1. The van der Waals surface area contributed by atoms with E-state index in [1.54, 1.807) is 0 Å². The van der Waals surface area contributed by atoms with E-state index in [1.165, 1.54) is 0 Å². The number of carboxylic acid groups (broad SMARTS) is 1. The Bertz CT molecular complexity index is 546. The number of rotatable bonds is 4. The van der Waals surface area contributed by atoms with Crippen molar-refractivity contribution in [2.75, 3.05) is 26.3 Å². The molecular formula is C16H23N3O3. The Labute approximate surface area is 130 Å². The molecule has 2 fully saturated rings. The standard InChI is InChI=1S/C16H23N3O3/c1-11(2)14-17-5-12(6-18-14)7-19-8-13-3-4-22-10-16(13,9-19)15(20)21/h5-6,11,13H,3-4,7-10H2,1-2H3,(H,20,21)/t13-,16+/m0/s1. The van der Waals surface area contributed by atoms with Gasteiger partial charge in [0.1, 0.15) is 11.2 Å². The molecule has 3 heterocycles. The van der Waals surface area contributed by atoms with Crippen LogP contribution in [0.25, 0.3) is 0 Å². The molecule has 0 aliphatic carbocycles. The molecule has 2 atom stereocenters. The first kappa shape index (κ1) is 15.4. The van der Waals surface area contributed by atoms with Crippen LogP contribution in [0.2, 0.25) is 0 Å². The lowest BCUT2D eigenvalue weighted by Crippen LogP contribution is -2.46. The second kappa shape index (κ2) is 5.93. The second-order valence-electron chi connectivity index (χ2n) is 6.77. The van der Waals surface area contributed by atoms with E-state index in [1.807, 2.05) is 12.4 Å². The van der Waals surface area contributed by atoms with E-state index in [2.05, 4.69) is 28.7 Å². The average molecular weight is 305 g/mol. The zero-order valence-electron chi connectivity index (χ0n) is 13.2. The van der Waals surface area contributed by atoms with Gasteiger partial charge in [-0.1, -0.05) is 13.8 Å². The number of ether oxygens (including phenoxy) is 1. The van der Waals surface area contributed by atoms with Crippen LogP contribution in [0.15, 0.2) is 12.4 Å². The Morgan fingerprint density at radius 3 is 2.82 bits per heavy atom. The molecule has 3 rings (SSSR count). The van der Waals surface area contributed by atoms with Crippen molar-refractivity contribution in [1.29, 1.82) is 0 Å². The Kier molecular flexibility index (Phi) is 4.14. The number of hydrogen-bond donors (Lipinski definition) is 1. The van der Waals surface area contributed by atoms with Crippen LogP contribution in [-0.2, 0) is 16.1 Å². The van der Waals surface area contributed by atoms with E-state index < -0.39 is 11.4 Å². The first-order valence-corrected chi connectivity index (χ1v) is 7.85. The molecule has 1 aromatic heterocycles. The highest BCUT2D eigenvalue weighted by Gasteiger charge is 2.53. The first-order valence-electron chi connectivity index (χ1n) is 7.85. The fourth-order valence-corrected chi connectivity index (χ4v) is 3.52. The summed E-state index contributed by atoms with van der Waals surface area (Å²) in [5, 5.41) is 9.65. The maximum absolute atomic E-state index is 11.7. The molecule has 120 valence electrons. The normalized spacial score (nSPS) is 28.8. The molecule has 2 aliphatic rings. The Morgan fingerprint density at radius 1 is 1.50 bits per heavy atom. The third-order valence-electron chi connectivity index (χ3n) is 4.81. The molecule has 22 heavy (non-hydrogen) atoms. The van der Waals surface area contributed by atoms with Gasteiger partial charge in [-0.25, -0.2) is 9.97 Å². The van der Waals surface area contributed by atoms with E-state index in [0.717, 1.165) is 24.4 Å². The highest BCUT2D eigenvalue weighted by Crippen LogP contribution is 2.42. The van der Waals surface area contributed by atoms with E-state index in [-0.39, 0.29) is 5.92 Å². The minimum Gasteiger partial charge on any atom is -0.481 e. The summed E-state index contributed by atoms with van der Waals surface area (Å²) in [4.78, 5) is 22.7. The summed E-state index contributed by atoms with van der Waals surface area (Å²) in [5.74, 6) is 0.603. The van der Waals surface area contributed by atoms with Crippen molar-refractivity contribution in [1.82, 2.24) is 14.9 Å². The molecule has 6 heteroatoms. The van der Waals surface area contributed by atoms with Crippen LogP contribution < -0.4 is 0 Å². The molecule has 0 aromatic carbocycles. The van der Waals surface area contributed by atoms with Gasteiger partial charge in [0.25, 0.3) is 0 Å². The number of aliphatic carboxylic acids is 1. The van der Waals surface area contributed by atoms with Gasteiger partial charge in [0.05, 0.1) is 6.61 Å². The molecule has 0 amide bonds. The lowest BCUT2D eigenvalue weighted by atomic mass is 9.76. The van der Waals surface area contributed by atoms with Crippen molar-refractivity contribution < 1.29 is 14.6 Å². The van der Waals surface area contributed by atoms with Gasteiger partial charge in [-0.3, -0.25) is 9.69 Å². The van der Waals surface area contributed by atoms with E-state index >= 15 is 0 Å². The Morgan fingerprint density at radius 2 is 2.23 bits per heavy atom. The Hall–Kier alpha value is -1.53. The maximum atomic E-state index is 11.7. The summed E-state index contributed by atoms with van der Waals surface area (Å²) >= 11 is 0. The van der Waals surface area contributed by atoms with Gasteiger partial charge < -0.3 is 9.84 Å². The Balaban J connectivity index is 1.70. The van der Waals surface area contributed by atoms with Gasteiger partial charge in [-0.15, -0.1) is 0 Å². The fraction of sp³-hybridized carbons (Fsp3) is 0.688. The highest BCUT2D eigenvalue weighted by atomic mass is 16.5. The van der Waals surface area contributed by atoms with Gasteiger partial charge in [-0.2, -0.15) is 0 Å². The van der Waals surface area contributed by atoms with Crippen molar-refractivity contribution in [3.05, 3.63) is 23.8 Å². The van der Waals surface area contributed by atoms with Gasteiger partial charge in [0, 0.05) is 50.1 Å². The molecule has 0 bridgehead atoms.